The van der Waals surface area contributed by atoms with Crippen LogP contribution in [-0.2, 0) is 9.59 Å². The van der Waals surface area contributed by atoms with Crippen LogP contribution in [0, 0.1) is 0 Å². The molecule has 20 heavy (non-hydrogen) atoms. The molecule has 0 aliphatic heterocycles. The molecule has 1 saturated carbocycles. The van der Waals surface area contributed by atoms with Gasteiger partial charge in [-0.15, -0.1) is 0 Å². The summed E-state index contributed by atoms with van der Waals surface area (Å²) in [6, 6.07) is 0.261. The Labute approximate surface area is 121 Å². The summed E-state index contributed by atoms with van der Waals surface area (Å²) >= 11 is 0. The number of hydrogen-bond donors (Lipinski definition) is 2. The number of carbonyl (C=O) groups is 2. The summed E-state index contributed by atoms with van der Waals surface area (Å²) in [6.07, 6.45) is 6.92. The first-order chi connectivity index (χ1) is 9.37. The molecule has 0 atom stereocenters. The van der Waals surface area contributed by atoms with Crippen LogP contribution in [0.15, 0.2) is 0 Å². The second-order valence-corrected chi connectivity index (χ2v) is 6.13. The van der Waals surface area contributed by atoms with Crippen LogP contribution in [0.3, 0.4) is 0 Å². The van der Waals surface area contributed by atoms with E-state index in [2.05, 4.69) is 5.32 Å². The smallest absolute Gasteiger partial charge is 0.323 e. The number of nitrogens with zero attached hydrogens (tertiary/aromatic N) is 1. The van der Waals surface area contributed by atoms with Crippen LogP contribution < -0.4 is 5.32 Å². The van der Waals surface area contributed by atoms with Gasteiger partial charge in [0.1, 0.15) is 5.54 Å². The molecule has 1 aliphatic rings. The van der Waals surface area contributed by atoms with Gasteiger partial charge in [0.15, 0.2) is 0 Å². The lowest BCUT2D eigenvalue weighted by molar-refractivity contribution is -0.150. The van der Waals surface area contributed by atoms with E-state index in [0.717, 1.165) is 12.8 Å². The van der Waals surface area contributed by atoms with Crippen LogP contribution in [0.4, 0.5) is 0 Å². The van der Waals surface area contributed by atoms with Gasteiger partial charge in [-0.25, -0.2) is 0 Å². The van der Waals surface area contributed by atoms with E-state index in [1.165, 1.54) is 25.7 Å². The highest BCUT2D eigenvalue weighted by Gasteiger charge is 2.34. The van der Waals surface area contributed by atoms with Crippen molar-refractivity contribution in [3.05, 3.63) is 0 Å². The molecule has 0 unspecified atom stereocenters. The average molecular weight is 284 g/mol. The molecule has 0 aromatic carbocycles. The van der Waals surface area contributed by atoms with Crippen molar-refractivity contribution in [2.75, 3.05) is 13.1 Å². The molecule has 0 aromatic heterocycles. The SMILES string of the molecule is CCN(CC(=O)NC1CCCCCC1)C(C)(C)C(=O)O. The van der Waals surface area contributed by atoms with Crippen molar-refractivity contribution >= 4 is 11.9 Å². The highest BCUT2D eigenvalue weighted by atomic mass is 16.4. The van der Waals surface area contributed by atoms with E-state index >= 15 is 0 Å². The lowest BCUT2D eigenvalue weighted by Gasteiger charge is -2.33. The van der Waals surface area contributed by atoms with Gasteiger partial charge in [0.05, 0.1) is 6.54 Å². The normalized spacial score (nSPS) is 17.8. The zero-order valence-corrected chi connectivity index (χ0v) is 12.9. The lowest BCUT2D eigenvalue weighted by atomic mass is 10.0. The minimum atomic E-state index is -1.02. The summed E-state index contributed by atoms with van der Waals surface area (Å²) in [5.74, 6) is -0.963. The van der Waals surface area contributed by atoms with E-state index in [1.54, 1.807) is 18.7 Å². The summed E-state index contributed by atoms with van der Waals surface area (Å²) in [7, 11) is 0. The molecule has 116 valence electrons. The number of aliphatic carboxylic acids is 1. The first-order valence-electron chi connectivity index (χ1n) is 7.65. The number of carboxylic acid groups (broad SMARTS) is 1. The minimum Gasteiger partial charge on any atom is -0.480 e. The van der Waals surface area contributed by atoms with E-state index in [9.17, 15) is 14.7 Å². The number of nitrogens with one attached hydrogen (secondary N) is 1. The highest BCUT2D eigenvalue weighted by molar-refractivity contribution is 5.81. The molecule has 1 amide bonds. The fourth-order valence-corrected chi connectivity index (χ4v) is 2.71. The molecule has 1 fully saturated rings. The van der Waals surface area contributed by atoms with Gasteiger partial charge >= 0.3 is 5.97 Å². The van der Waals surface area contributed by atoms with Gasteiger partial charge in [-0.3, -0.25) is 14.5 Å². The molecule has 2 N–H and O–H groups in total. The summed E-state index contributed by atoms with van der Waals surface area (Å²) in [6.45, 7) is 5.84. The summed E-state index contributed by atoms with van der Waals surface area (Å²) in [5.41, 5.74) is -1.02. The Morgan fingerprint density at radius 3 is 2.20 bits per heavy atom. The molecule has 5 heteroatoms. The van der Waals surface area contributed by atoms with Crippen molar-refractivity contribution in [1.82, 2.24) is 10.2 Å². The zero-order chi connectivity index (χ0) is 15.2. The van der Waals surface area contributed by atoms with Crippen LogP contribution in [0.1, 0.15) is 59.3 Å². The maximum atomic E-state index is 12.1. The van der Waals surface area contributed by atoms with Crippen LogP contribution in [-0.4, -0.2) is 46.6 Å². The minimum absolute atomic E-state index is 0.0620. The van der Waals surface area contributed by atoms with Gasteiger partial charge in [-0.05, 0) is 33.2 Å². The quantitative estimate of drug-likeness (QED) is 0.732. The standard InChI is InChI=1S/C15H28N2O3/c1-4-17(15(2,3)14(19)20)11-13(18)16-12-9-7-5-6-8-10-12/h12H,4-11H2,1-3H3,(H,16,18)(H,19,20). The van der Waals surface area contributed by atoms with Crippen LogP contribution in [0.2, 0.25) is 0 Å². The number of carbonyl (C=O) groups excluding carboxylic acids is 1. The average Bonchev–Trinajstić information content (AvgIpc) is 2.64. The maximum absolute atomic E-state index is 12.1. The Morgan fingerprint density at radius 1 is 1.20 bits per heavy atom. The molecule has 1 rings (SSSR count). The second kappa shape index (κ2) is 7.62. The van der Waals surface area contributed by atoms with Crippen LogP contribution >= 0.6 is 0 Å². The maximum Gasteiger partial charge on any atom is 0.323 e. The van der Waals surface area contributed by atoms with Crippen molar-refractivity contribution < 1.29 is 14.7 Å². The molecule has 0 bridgehead atoms. The predicted molar refractivity (Wildman–Crippen MR) is 78.6 cm³/mol. The second-order valence-electron chi connectivity index (χ2n) is 6.13. The third-order valence-electron chi connectivity index (χ3n) is 4.25. The Kier molecular flexibility index (Phi) is 6.46. The molecular weight excluding hydrogens is 256 g/mol. The molecule has 1 aliphatic carbocycles. The van der Waals surface area contributed by atoms with E-state index in [1.807, 2.05) is 6.92 Å². The first-order valence-corrected chi connectivity index (χ1v) is 7.65. The molecule has 5 nitrogen and oxygen atoms in total. The fourth-order valence-electron chi connectivity index (χ4n) is 2.71. The summed E-state index contributed by atoms with van der Waals surface area (Å²) in [4.78, 5) is 25.1. The van der Waals surface area contributed by atoms with Crippen molar-refractivity contribution in [2.24, 2.45) is 0 Å². The first kappa shape index (κ1) is 17.0. The zero-order valence-electron chi connectivity index (χ0n) is 12.9. The van der Waals surface area contributed by atoms with Crippen molar-refractivity contribution in [1.29, 1.82) is 0 Å². The molecule has 0 radical (unpaired) electrons. The topological polar surface area (TPSA) is 69.6 Å². The van der Waals surface area contributed by atoms with E-state index in [-0.39, 0.29) is 18.5 Å². The number of amides is 1. The third-order valence-corrected chi connectivity index (χ3v) is 4.25. The Balaban J connectivity index is 2.52. The van der Waals surface area contributed by atoms with E-state index in [0.29, 0.717) is 6.54 Å². The highest BCUT2D eigenvalue weighted by Crippen LogP contribution is 2.18. The van der Waals surface area contributed by atoms with E-state index < -0.39 is 11.5 Å². The summed E-state index contributed by atoms with van der Waals surface area (Å²) < 4.78 is 0. The Bertz CT molecular complexity index is 334. The van der Waals surface area contributed by atoms with Gasteiger partial charge in [0, 0.05) is 6.04 Å². The fraction of sp³-hybridized carbons (Fsp3) is 0.867. The van der Waals surface area contributed by atoms with Gasteiger partial charge in [0.25, 0.3) is 0 Å². The molecular formula is C15H28N2O3. The number of carboxylic acids is 1. The van der Waals surface area contributed by atoms with Gasteiger partial charge < -0.3 is 10.4 Å². The summed E-state index contributed by atoms with van der Waals surface area (Å²) in [5, 5.41) is 12.3. The van der Waals surface area contributed by atoms with Gasteiger partial charge in [-0.2, -0.15) is 0 Å². The number of likely N-dealkylation sites (N-methyl/N-ethyl adjacent to an activating group) is 1. The molecule has 0 heterocycles. The number of rotatable bonds is 6. The largest absolute Gasteiger partial charge is 0.480 e. The van der Waals surface area contributed by atoms with Crippen LogP contribution in [0.25, 0.3) is 0 Å². The van der Waals surface area contributed by atoms with Crippen molar-refractivity contribution in [3.63, 3.8) is 0 Å². The van der Waals surface area contributed by atoms with Crippen LogP contribution in [0.5, 0.6) is 0 Å². The van der Waals surface area contributed by atoms with Gasteiger partial charge in [0.2, 0.25) is 5.91 Å². The monoisotopic (exact) mass is 284 g/mol. The number of hydrogen-bond acceptors (Lipinski definition) is 3. The van der Waals surface area contributed by atoms with Gasteiger partial charge in [-0.1, -0.05) is 32.6 Å². The molecule has 0 spiro atoms. The Morgan fingerprint density at radius 2 is 1.75 bits per heavy atom. The lowest BCUT2D eigenvalue weighted by Crippen LogP contribution is -2.54. The third kappa shape index (κ3) is 4.78. The van der Waals surface area contributed by atoms with E-state index in [4.69, 9.17) is 0 Å². The molecule has 0 aromatic rings. The van der Waals surface area contributed by atoms with Crippen molar-refractivity contribution in [2.45, 2.75) is 70.9 Å². The predicted octanol–water partition coefficient (Wildman–Crippen LogP) is 2.01. The van der Waals surface area contributed by atoms with Crippen molar-refractivity contribution in [3.8, 4) is 0 Å². The Hall–Kier alpha value is -1.10. The molecule has 0 saturated heterocycles.